The molecule has 0 bridgehead atoms. The van der Waals surface area contributed by atoms with Gasteiger partial charge in [0, 0.05) is 0 Å². The van der Waals surface area contributed by atoms with Gasteiger partial charge in [0.05, 0.1) is 11.7 Å². The van der Waals surface area contributed by atoms with Gasteiger partial charge in [-0.25, -0.2) is 4.79 Å². The van der Waals surface area contributed by atoms with Crippen molar-refractivity contribution >= 4 is 5.97 Å². The molecular formula is C11H12F2O4. The van der Waals surface area contributed by atoms with Gasteiger partial charge in [-0.3, -0.25) is 0 Å². The normalized spacial score (nSPS) is 10.7. The number of alkyl halides is 2. The summed E-state index contributed by atoms with van der Waals surface area (Å²) in [5.41, 5.74) is -0.0535. The molecular weight excluding hydrogens is 234 g/mol. The van der Waals surface area contributed by atoms with E-state index in [-0.39, 0.29) is 23.2 Å². The van der Waals surface area contributed by atoms with Crippen molar-refractivity contribution in [3.8, 4) is 11.5 Å². The van der Waals surface area contributed by atoms with Gasteiger partial charge in [-0.15, -0.1) is 0 Å². The fourth-order valence-electron chi connectivity index (χ4n) is 1.18. The van der Waals surface area contributed by atoms with Crippen LogP contribution in [-0.4, -0.2) is 23.8 Å². The van der Waals surface area contributed by atoms with Gasteiger partial charge in [-0.05, 0) is 32.0 Å². The van der Waals surface area contributed by atoms with Crippen LogP contribution in [0.4, 0.5) is 8.78 Å². The third kappa shape index (κ3) is 3.90. The van der Waals surface area contributed by atoms with Gasteiger partial charge in [0.2, 0.25) is 0 Å². The number of rotatable bonds is 5. The Balaban J connectivity index is 3.07. The van der Waals surface area contributed by atoms with E-state index in [1.54, 1.807) is 13.8 Å². The molecule has 4 nitrogen and oxygen atoms in total. The zero-order chi connectivity index (χ0) is 13.0. The van der Waals surface area contributed by atoms with E-state index in [0.29, 0.717) is 0 Å². The Kier molecular flexibility index (Phi) is 4.25. The molecule has 1 N–H and O–H groups in total. The topological polar surface area (TPSA) is 55.8 Å². The van der Waals surface area contributed by atoms with Crippen molar-refractivity contribution < 1.29 is 28.2 Å². The van der Waals surface area contributed by atoms with Crippen LogP contribution in [0, 0.1) is 0 Å². The summed E-state index contributed by atoms with van der Waals surface area (Å²) in [5, 5.41) is 8.77. The molecule has 0 spiro atoms. The molecule has 0 unspecified atom stereocenters. The number of halogens is 2. The lowest BCUT2D eigenvalue weighted by Crippen LogP contribution is -2.10. The standard InChI is InChI=1S/C11H12F2O4/c1-6(2)16-9-5-7(10(14)15)3-4-8(9)17-11(12)13/h3-6,11H,1-2H3,(H,14,15). The van der Waals surface area contributed by atoms with Crippen molar-refractivity contribution in [2.45, 2.75) is 26.6 Å². The van der Waals surface area contributed by atoms with E-state index in [4.69, 9.17) is 9.84 Å². The van der Waals surface area contributed by atoms with E-state index in [0.717, 1.165) is 12.1 Å². The average Bonchev–Trinajstić information content (AvgIpc) is 2.18. The predicted octanol–water partition coefficient (Wildman–Crippen LogP) is 2.77. The molecule has 0 heterocycles. The summed E-state index contributed by atoms with van der Waals surface area (Å²) in [6.07, 6.45) is -0.279. The Labute approximate surface area is 96.8 Å². The van der Waals surface area contributed by atoms with Crippen LogP contribution in [0.5, 0.6) is 11.5 Å². The Hall–Kier alpha value is -1.85. The molecule has 1 aromatic rings. The quantitative estimate of drug-likeness (QED) is 0.867. The number of carboxylic acids is 1. The summed E-state index contributed by atoms with van der Waals surface area (Å²) in [7, 11) is 0. The van der Waals surface area contributed by atoms with Crippen LogP contribution in [0.1, 0.15) is 24.2 Å². The number of carboxylic acid groups (broad SMARTS) is 1. The Morgan fingerprint density at radius 2 is 1.88 bits per heavy atom. The van der Waals surface area contributed by atoms with Gasteiger partial charge in [-0.1, -0.05) is 0 Å². The van der Waals surface area contributed by atoms with E-state index in [9.17, 15) is 13.6 Å². The highest BCUT2D eigenvalue weighted by Gasteiger charge is 2.14. The second-order valence-corrected chi connectivity index (χ2v) is 3.51. The SMILES string of the molecule is CC(C)Oc1cc(C(=O)O)ccc1OC(F)F. The highest BCUT2D eigenvalue weighted by molar-refractivity contribution is 5.88. The van der Waals surface area contributed by atoms with Gasteiger partial charge in [0.15, 0.2) is 11.5 Å². The average molecular weight is 246 g/mol. The summed E-state index contributed by atoms with van der Waals surface area (Å²) >= 11 is 0. The van der Waals surface area contributed by atoms with E-state index < -0.39 is 12.6 Å². The molecule has 6 heteroatoms. The number of hydrogen-bond donors (Lipinski definition) is 1. The third-order valence-electron chi connectivity index (χ3n) is 1.77. The summed E-state index contributed by atoms with van der Waals surface area (Å²) in [6, 6.07) is 3.47. The Morgan fingerprint density at radius 3 is 2.35 bits per heavy atom. The minimum Gasteiger partial charge on any atom is -0.487 e. The molecule has 0 fully saturated rings. The zero-order valence-electron chi connectivity index (χ0n) is 9.31. The maximum atomic E-state index is 12.1. The van der Waals surface area contributed by atoms with Crippen LogP contribution in [0.3, 0.4) is 0 Å². The second-order valence-electron chi connectivity index (χ2n) is 3.51. The molecule has 0 aliphatic rings. The molecule has 0 radical (unpaired) electrons. The zero-order valence-corrected chi connectivity index (χ0v) is 9.31. The first kappa shape index (κ1) is 13.2. The van der Waals surface area contributed by atoms with Gasteiger partial charge >= 0.3 is 12.6 Å². The number of carbonyl (C=O) groups is 1. The van der Waals surface area contributed by atoms with Gasteiger partial charge in [-0.2, -0.15) is 8.78 Å². The molecule has 0 saturated carbocycles. The number of hydrogen-bond acceptors (Lipinski definition) is 3. The maximum absolute atomic E-state index is 12.1. The van der Waals surface area contributed by atoms with Crippen molar-refractivity contribution in [2.24, 2.45) is 0 Å². The Morgan fingerprint density at radius 1 is 1.24 bits per heavy atom. The van der Waals surface area contributed by atoms with Gasteiger partial charge < -0.3 is 14.6 Å². The van der Waals surface area contributed by atoms with Crippen molar-refractivity contribution in [2.75, 3.05) is 0 Å². The van der Waals surface area contributed by atoms with Crippen molar-refractivity contribution in [1.82, 2.24) is 0 Å². The second kappa shape index (κ2) is 5.47. The molecule has 0 atom stereocenters. The number of aromatic carboxylic acids is 1. The fraction of sp³-hybridized carbons (Fsp3) is 0.364. The van der Waals surface area contributed by atoms with Gasteiger partial charge in [0.25, 0.3) is 0 Å². The Bertz CT molecular complexity index is 404. The first-order valence-electron chi connectivity index (χ1n) is 4.89. The third-order valence-corrected chi connectivity index (χ3v) is 1.77. The van der Waals surface area contributed by atoms with Gasteiger partial charge in [0.1, 0.15) is 0 Å². The first-order valence-corrected chi connectivity index (χ1v) is 4.89. The fourth-order valence-corrected chi connectivity index (χ4v) is 1.18. The monoisotopic (exact) mass is 246 g/mol. The molecule has 94 valence electrons. The maximum Gasteiger partial charge on any atom is 0.387 e. The van der Waals surface area contributed by atoms with Crippen LogP contribution in [0.25, 0.3) is 0 Å². The largest absolute Gasteiger partial charge is 0.487 e. The lowest BCUT2D eigenvalue weighted by molar-refractivity contribution is -0.0518. The molecule has 17 heavy (non-hydrogen) atoms. The van der Waals surface area contributed by atoms with Crippen molar-refractivity contribution in [3.63, 3.8) is 0 Å². The highest BCUT2D eigenvalue weighted by Crippen LogP contribution is 2.30. The summed E-state index contributed by atoms with van der Waals surface area (Å²) in [5.74, 6) is -1.36. The summed E-state index contributed by atoms with van der Waals surface area (Å²) in [6.45, 7) is 0.402. The van der Waals surface area contributed by atoms with E-state index >= 15 is 0 Å². The molecule has 1 rings (SSSR count). The minimum atomic E-state index is -2.99. The van der Waals surface area contributed by atoms with Crippen LogP contribution < -0.4 is 9.47 Å². The van der Waals surface area contributed by atoms with Crippen molar-refractivity contribution in [3.05, 3.63) is 23.8 Å². The molecule has 0 saturated heterocycles. The predicted molar refractivity (Wildman–Crippen MR) is 55.8 cm³/mol. The molecule has 0 aromatic heterocycles. The lowest BCUT2D eigenvalue weighted by Gasteiger charge is -2.15. The molecule has 1 aromatic carbocycles. The highest BCUT2D eigenvalue weighted by atomic mass is 19.3. The summed E-state index contributed by atoms with van der Waals surface area (Å²) < 4.78 is 33.7. The number of ether oxygens (including phenoxy) is 2. The minimum absolute atomic E-state index is 0.0137. The van der Waals surface area contributed by atoms with Crippen molar-refractivity contribution in [1.29, 1.82) is 0 Å². The smallest absolute Gasteiger partial charge is 0.387 e. The molecule has 0 amide bonds. The number of benzene rings is 1. The van der Waals surface area contributed by atoms with Crippen LogP contribution in [0.15, 0.2) is 18.2 Å². The summed E-state index contributed by atoms with van der Waals surface area (Å²) in [4.78, 5) is 10.7. The van der Waals surface area contributed by atoms with E-state index in [2.05, 4.69) is 4.74 Å². The van der Waals surface area contributed by atoms with E-state index in [1.165, 1.54) is 6.07 Å². The molecule has 0 aliphatic carbocycles. The lowest BCUT2D eigenvalue weighted by atomic mass is 10.2. The van der Waals surface area contributed by atoms with Crippen LogP contribution in [-0.2, 0) is 0 Å². The van der Waals surface area contributed by atoms with Crippen LogP contribution in [0.2, 0.25) is 0 Å². The van der Waals surface area contributed by atoms with E-state index in [1.807, 2.05) is 0 Å². The van der Waals surface area contributed by atoms with Crippen LogP contribution >= 0.6 is 0 Å². The first-order chi connectivity index (χ1) is 7.90. The molecule has 0 aliphatic heterocycles.